The van der Waals surface area contributed by atoms with Crippen LogP contribution >= 0.6 is 0 Å². The Labute approximate surface area is 174 Å². The van der Waals surface area contributed by atoms with Gasteiger partial charge in [0.05, 0.1) is 0 Å². The number of rotatable bonds is 8. The minimum atomic E-state index is -5.02. The molecule has 4 aliphatic heterocycles. The van der Waals surface area contributed by atoms with Gasteiger partial charge in [-0.25, -0.2) is 0 Å². The molecule has 0 aromatic heterocycles. The molecule has 4 rings (SSSR count). The quantitative estimate of drug-likeness (QED) is 0.136. The molecule has 4 fully saturated rings. The number of carboxylic acid groups (broad SMARTS) is 2. The van der Waals surface area contributed by atoms with Gasteiger partial charge in [0.1, 0.15) is 0 Å². The molecular weight excluding hydrogens is 628 g/mol. The normalized spacial score (nSPS) is 47.4. The fourth-order valence-corrected chi connectivity index (χ4v) is 23.7. The van der Waals surface area contributed by atoms with Crippen LogP contribution in [0.3, 0.4) is 0 Å². The van der Waals surface area contributed by atoms with Crippen molar-refractivity contribution in [2.24, 2.45) is 0 Å². The minimum absolute atomic E-state index is 0.581. The molecule has 4 saturated heterocycles. The number of aliphatic hydroxyl groups is 4. The van der Waals surface area contributed by atoms with Gasteiger partial charge in [0.15, 0.2) is 0 Å². The second-order valence-electron chi connectivity index (χ2n) is 6.48. The maximum absolute atomic E-state index is 11.1. The molecule has 0 aliphatic carbocycles. The standard InChI is InChI=1S/2C6H9O7.O.2Sb/c2*7-1-2(8)3(9)4(10)5(11)6(12)13;;;/h2*2-5,7,11H,1H2,(H,12,13);;;/q2*-3;;2*+3. The Bertz CT molecular complexity index is 638. The third-order valence-electron chi connectivity index (χ3n) is 4.60. The monoisotopic (exact) mass is 644 g/mol. The summed E-state index contributed by atoms with van der Waals surface area (Å²) in [6, 6.07) is 0. The second kappa shape index (κ2) is 7.92. The Kier molecular flexibility index (Phi) is 6.10. The molecule has 0 aromatic rings. The number of hydrogen-bond acceptors (Lipinski definition) is 13. The van der Waals surface area contributed by atoms with Crippen LogP contribution in [0.1, 0.15) is 0 Å². The van der Waals surface area contributed by atoms with Crippen molar-refractivity contribution in [1.29, 1.82) is 0 Å². The maximum atomic E-state index is 11.1. The average Bonchev–Trinajstić information content (AvgIpc) is 3.41. The van der Waals surface area contributed by atoms with E-state index in [2.05, 4.69) is 0 Å². The van der Waals surface area contributed by atoms with Crippen LogP contribution in [-0.2, 0) is 29.0 Å². The molecule has 10 unspecified atom stereocenters. The van der Waals surface area contributed by atoms with E-state index in [9.17, 15) is 30.0 Å². The molecule has 4 heterocycles. The average molecular weight is 646 g/mol. The Morgan fingerprint density at radius 3 is 1.45 bits per heavy atom. The second-order valence-corrected chi connectivity index (χ2v) is 18.8. The van der Waals surface area contributed by atoms with Gasteiger partial charge in [-0.2, -0.15) is 0 Å². The van der Waals surface area contributed by atoms with Crippen LogP contribution < -0.4 is 0 Å². The summed E-state index contributed by atoms with van der Waals surface area (Å²) >= 11 is -10.0. The van der Waals surface area contributed by atoms with Crippen molar-refractivity contribution < 1.29 is 59.6 Å². The van der Waals surface area contributed by atoms with Gasteiger partial charge in [0.2, 0.25) is 0 Å². The van der Waals surface area contributed by atoms with Crippen molar-refractivity contribution in [3.8, 4) is 0 Å². The van der Waals surface area contributed by atoms with Gasteiger partial charge in [0.25, 0.3) is 0 Å². The van der Waals surface area contributed by atoms with Crippen molar-refractivity contribution >= 4 is 52.9 Å². The summed E-state index contributed by atoms with van der Waals surface area (Å²) in [6.07, 6.45) is -11.1. The fraction of sp³-hybridized carbons (Fsp3) is 0.833. The van der Waals surface area contributed by atoms with Crippen molar-refractivity contribution in [3.05, 3.63) is 0 Å². The van der Waals surface area contributed by atoms with Crippen LogP contribution in [0.5, 0.6) is 0 Å². The molecule has 2 radical (unpaired) electrons. The first-order valence-electron chi connectivity index (χ1n) is 8.27. The molecule has 0 spiro atoms. The van der Waals surface area contributed by atoms with E-state index in [0.717, 1.165) is 0 Å². The van der Waals surface area contributed by atoms with Gasteiger partial charge < -0.3 is 0 Å². The van der Waals surface area contributed by atoms with Crippen LogP contribution in [-0.4, -0.2) is 146 Å². The number of carbonyl (C=O) groups is 2. The summed E-state index contributed by atoms with van der Waals surface area (Å²) in [5, 5.41) is 56.7. The van der Waals surface area contributed by atoms with Crippen molar-refractivity contribution in [2.45, 2.75) is 48.8 Å². The summed E-state index contributed by atoms with van der Waals surface area (Å²) in [5.74, 6) is -3.17. The molecule has 166 valence electrons. The molecule has 29 heavy (non-hydrogen) atoms. The van der Waals surface area contributed by atoms with E-state index in [1.54, 1.807) is 0 Å². The number of hydrogen-bond donors (Lipinski definition) is 6. The molecular formula is C12H18O15Sb2. The number of aliphatic hydroxyl groups excluding tert-OH is 4. The topological polar surface area (TPSA) is 220 Å². The molecule has 15 nitrogen and oxygen atoms in total. The van der Waals surface area contributed by atoms with Gasteiger partial charge in [-0.1, -0.05) is 0 Å². The van der Waals surface area contributed by atoms with Gasteiger partial charge >= 0.3 is 175 Å². The Balaban J connectivity index is 1.57. The van der Waals surface area contributed by atoms with Crippen LogP contribution in [0.4, 0.5) is 0 Å². The molecule has 10 atom stereocenters. The summed E-state index contributed by atoms with van der Waals surface area (Å²) in [6.45, 7) is -1.16. The first-order valence-corrected chi connectivity index (χ1v) is 16.6. The predicted molar refractivity (Wildman–Crippen MR) is 83.3 cm³/mol. The molecule has 6 N–H and O–H groups in total. The molecule has 0 amide bonds. The van der Waals surface area contributed by atoms with Crippen LogP contribution in [0.2, 0.25) is 0 Å². The van der Waals surface area contributed by atoms with Gasteiger partial charge in [0, 0.05) is 0 Å². The van der Waals surface area contributed by atoms with Gasteiger partial charge in [-0.3, -0.25) is 0 Å². The Hall–Kier alpha value is 0.136. The van der Waals surface area contributed by atoms with Crippen LogP contribution in [0, 0.1) is 0 Å². The van der Waals surface area contributed by atoms with E-state index >= 15 is 0 Å². The fourth-order valence-electron chi connectivity index (χ4n) is 3.26. The van der Waals surface area contributed by atoms with E-state index in [1.807, 2.05) is 0 Å². The third kappa shape index (κ3) is 3.69. The SMILES string of the molecule is O=C(O)C(O)C1[O][Sb]2([O][Sb]34[O]C(CO)C([O]3)C(C(O)C(=O)O)[O]4)[O]C(CO)C1[O]2. The number of aliphatic carboxylic acids is 2. The van der Waals surface area contributed by atoms with E-state index in [4.69, 9.17) is 29.6 Å². The zero-order valence-electron chi connectivity index (χ0n) is 14.3. The summed E-state index contributed by atoms with van der Waals surface area (Å²) in [5.41, 5.74) is 0. The zero-order valence-corrected chi connectivity index (χ0v) is 19.4. The third-order valence-corrected chi connectivity index (χ3v) is 22.1. The van der Waals surface area contributed by atoms with Crippen molar-refractivity contribution in [2.75, 3.05) is 13.2 Å². The molecule has 0 aromatic carbocycles. The van der Waals surface area contributed by atoms with E-state index in [1.165, 1.54) is 0 Å². The first kappa shape index (κ1) is 22.3. The summed E-state index contributed by atoms with van der Waals surface area (Å²) in [7, 11) is 0. The predicted octanol–water partition coefficient (Wildman–Crippen LogP) is -4.88. The summed E-state index contributed by atoms with van der Waals surface area (Å²) in [4.78, 5) is 22.2. The number of fused-ring (bicyclic) bond motifs is 4. The zero-order chi connectivity index (χ0) is 21.1. The Morgan fingerprint density at radius 2 is 1.14 bits per heavy atom. The van der Waals surface area contributed by atoms with E-state index in [-0.39, 0.29) is 0 Å². The molecule has 4 bridgehead atoms. The van der Waals surface area contributed by atoms with Crippen LogP contribution in [0.15, 0.2) is 0 Å². The van der Waals surface area contributed by atoms with Crippen molar-refractivity contribution in [1.82, 2.24) is 0 Å². The Morgan fingerprint density at radius 1 is 0.759 bits per heavy atom. The van der Waals surface area contributed by atoms with E-state index < -0.39 is 115 Å². The first-order chi connectivity index (χ1) is 13.6. The molecule has 0 saturated carbocycles. The van der Waals surface area contributed by atoms with Crippen molar-refractivity contribution in [3.63, 3.8) is 0 Å². The van der Waals surface area contributed by atoms with Gasteiger partial charge in [-0.05, 0) is 0 Å². The molecule has 4 aliphatic rings. The van der Waals surface area contributed by atoms with Crippen LogP contribution in [0.25, 0.3) is 0 Å². The van der Waals surface area contributed by atoms with Gasteiger partial charge in [-0.15, -0.1) is 0 Å². The number of carboxylic acids is 2. The summed E-state index contributed by atoms with van der Waals surface area (Å²) < 4.78 is 38.9. The molecule has 17 heteroatoms. The van der Waals surface area contributed by atoms with E-state index in [0.29, 0.717) is 0 Å².